The van der Waals surface area contributed by atoms with E-state index < -0.39 is 11.9 Å². The monoisotopic (exact) mass is 228 g/mol. The van der Waals surface area contributed by atoms with Gasteiger partial charge in [0.1, 0.15) is 0 Å². The van der Waals surface area contributed by atoms with E-state index in [0.29, 0.717) is 0 Å². The average Bonchev–Trinajstić information content (AvgIpc) is 2.09. The highest BCUT2D eigenvalue weighted by atomic mass is 35.5. The van der Waals surface area contributed by atoms with Crippen molar-refractivity contribution >= 4 is 23.5 Å². The Morgan fingerprint density at radius 2 is 1.73 bits per heavy atom. The van der Waals surface area contributed by atoms with Crippen molar-refractivity contribution in [3.63, 3.8) is 0 Å². The zero-order valence-electron chi connectivity index (χ0n) is 8.24. The van der Waals surface area contributed by atoms with Crippen LogP contribution in [0.25, 0.3) is 0 Å². The average molecular weight is 229 g/mol. The molecule has 0 aromatic heterocycles. The molecule has 1 aromatic rings. The van der Waals surface area contributed by atoms with Crippen molar-refractivity contribution in [3.05, 3.63) is 23.2 Å². The predicted octanol–water partition coefficient (Wildman–Crippen LogP) is 2.19. The van der Waals surface area contributed by atoms with Crippen molar-refractivity contribution in [1.29, 1.82) is 0 Å². The first-order chi connectivity index (χ1) is 7.00. The van der Waals surface area contributed by atoms with Crippen LogP contribution in [0.1, 0.15) is 13.8 Å². The summed E-state index contributed by atoms with van der Waals surface area (Å²) in [6.07, 6.45) is 0. The first-order valence-corrected chi connectivity index (χ1v) is 4.54. The fourth-order valence-corrected chi connectivity index (χ4v) is 1.17. The second kappa shape index (κ2) is 4.79. The molecule has 0 unspecified atom stereocenters. The minimum atomic E-state index is -0.531. The summed E-state index contributed by atoms with van der Waals surface area (Å²) in [6, 6.07) is 4.62. The topological polar surface area (TPSA) is 52.6 Å². The molecule has 0 aliphatic carbocycles. The first kappa shape index (κ1) is 11.5. The SMILES string of the molecule is CC(=O)Oc1cccc(Cl)c1OC(C)=O. The van der Waals surface area contributed by atoms with E-state index in [2.05, 4.69) is 0 Å². The molecule has 0 fully saturated rings. The summed E-state index contributed by atoms with van der Waals surface area (Å²) in [5, 5.41) is 0.212. The van der Waals surface area contributed by atoms with Crippen LogP contribution in [0.5, 0.6) is 11.5 Å². The van der Waals surface area contributed by atoms with Crippen LogP contribution in [0.4, 0.5) is 0 Å². The van der Waals surface area contributed by atoms with Gasteiger partial charge in [0.25, 0.3) is 0 Å². The number of rotatable bonds is 2. The number of carbonyl (C=O) groups excluding carboxylic acids is 2. The molecule has 4 nitrogen and oxygen atoms in total. The van der Waals surface area contributed by atoms with E-state index in [9.17, 15) is 9.59 Å². The maximum absolute atomic E-state index is 10.8. The number of halogens is 1. The lowest BCUT2D eigenvalue weighted by molar-refractivity contribution is -0.134. The molecular formula is C10H9ClO4. The van der Waals surface area contributed by atoms with Gasteiger partial charge in [0.15, 0.2) is 11.5 Å². The van der Waals surface area contributed by atoms with Crippen LogP contribution in [0.2, 0.25) is 5.02 Å². The Morgan fingerprint density at radius 1 is 1.13 bits per heavy atom. The van der Waals surface area contributed by atoms with Crippen LogP contribution in [0.3, 0.4) is 0 Å². The molecular weight excluding hydrogens is 220 g/mol. The second-order valence-corrected chi connectivity index (χ2v) is 3.16. The Kier molecular flexibility index (Phi) is 3.68. The number of para-hydroxylation sites is 1. The lowest BCUT2D eigenvalue weighted by Gasteiger charge is -2.09. The van der Waals surface area contributed by atoms with E-state index in [1.165, 1.54) is 26.0 Å². The second-order valence-electron chi connectivity index (χ2n) is 2.75. The molecule has 0 N–H and O–H groups in total. The summed E-state index contributed by atoms with van der Waals surface area (Å²) in [5.41, 5.74) is 0. The molecule has 0 saturated heterocycles. The van der Waals surface area contributed by atoms with Crippen LogP contribution < -0.4 is 9.47 Å². The van der Waals surface area contributed by atoms with Gasteiger partial charge < -0.3 is 9.47 Å². The number of ether oxygens (including phenoxy) is 2. The normalized spacial score (nSPS) is 9.53. The minimum Gasteiger partial charge on any atom is -0.423 e. The van der Waals surface area contributed by atoms with Crippen LogP contribution in [-0.4, -0.2) is 11.9 Å². The van der Waals surface area contributed by atoms with Crippen LogP contribution in [0, 0.1) is 0 Å². The standard InChI is InChI=1S/C10H9ClO4/c1-6(12)14-9-5-3-4-8(11)10(9)15-7(2)13/h3-5H,1-2H3. The van der Waals surface area contributed by atoms with Crippen molar-refractivity contribution in [2.75, 3.05) is 0 Å². The summed E-state index contributed by atoms with van der Waals surface area (Å²) in [5.74, 6) is -0.853. The molecule has 15 heavy (non-hydrogen) atoms. The molecule has 1 rings (SSSR count). The third-order valence-corrected chi connectivity index (χ3v) is 1.73. The van der Waals surface area contributed by atoms with Crippen LogP contribution in [0.15, 0.2) is 18.2 Å². The summed E-state index contributed by atoms with van der Waals surface area (Å²) >= 11 is 5.79. The zero-order valence-corrected chi connectivity index (χ0v) is 9.00. The molecule has 0 amide bonds. The van der Waals surface area contributed by atoms with E-state index in [-0.39, 0.29) is 16.5 Å². The maximum Gasteiger partial charge on any atom is 0.308 e. The molecule has 0 atom stereocenters. The Labute approximate surface area is 91.7 Å². The molecule has 1 aromatic carbocycles. The van der Waals surface area contributed by atoms with Gasteiger partial charge in [-0.15, -0.1) is 0 Å². The van der Waals surface area contributed by atoms with Gasteiger partial charge >= 0.3 is 11.9 Å². The van der Waals surface area contributed by atoms with Crippen molar-refractivity contribution in [2.45, 2.75) is 13.8 Å². The Morgan fingerprint density at radius 3 is 2.27 bits per heavy atom. The Hall–Kier alpha value is -1.55. The van der Waals surface area contributed by atoms with E-state index in [1.54, 1.807) is 6.07 Å². The van der Waals surface area contributed by atoms with Gasteiger partial charge in [-0.25, -0.2) is 0 Å². The highest BCUT2D eigenvalue weighted by molar-refractivity contribution is 6.32. The zero-order chi connectivity index (χ0) is 11.4. The lowest BCUT2D eigenvalue weighted by Crippen LogP contribution is -2.07. The number of carbonyl (C=O) groups is 2. The van der Waals surface area contributed by atoms with Crippen LogP contribution >= 0.6 is 11.6 Å². The van der Waals surface area contributed by atoms with Gasteiger partial charge in [-0.1, -0.05) is 17.7 Å². The molecule has 80 valence electrons. The van der Waals surface area contributed by atoms with E-state index >= 15 is 0 Å². The summed E-state index contributed by atoms with van der Waals surface area (Å²) in [7, 11) is 0. The molecule has 0 heterocycles. The summed E-state index contributed by atoms with van der Waals surface area (Å²) in [6.45, 7) is 2.49. The Bertz CT molecular complexity index is 400. The van der Waals surface area contributed by atoms with Crippen molar-refractivity contribution in [3.8, 4) is 11.5 Å². The van der Waals surface area contributed by atoms with Crippen molar-refractivity contribution in [1.82, 2.24) is 0 Å². The fourth-order valence-electron chi connectivity index (χ4n) is 0.967. The van der Waals surface area contributed by atoms with Crippen molar-refractivity contribution < 1.29 is 19.1 Å². The highest BCUT2D eigenvalue weighted by Crippen LogP contribution is 2.34. The van der Waals surface area contributed by atoms with Gasteiger partial charge in [0, 0.05) is 13.8 Å². The minimum absolute atomic E-state index is 0.0573. The molecule has 5 heteroatoms. The molecule has 0 saturated carbocycles. The Balaban J connectivity index is 3.08. The highest BCUT2D eigenvalue weighted by Gasteiger charge is 2.13. The summed E-state index contributed by atoms with van der Waals surface area (Å²) < 4.78 is 9.66. The number of hydrogen-bond donors (Lipinski definition) is 0. The van der Waals surface area contributed by atoms with Crippen molar-refractivity contribution in [2.24, 2.45) is 0 Å². The maximum atomic E-state index is 10.8. The predicted molar refractivity (Wildman–Crippen MR) is 54.1 cm³/mol. The number of esters is 2. The van der Waals surface area contributed by atoms with E-state index in [1.807, 2.05) is 0 Å². The molecule has 0 aliphatic rings. The van der Waals surface area contributed by atoms with E-state index in [0.717, 1.165) is 0 Å². The van der Waals surface area contributed by atoms with Gasteiger partial charge in [-0.2, -0.15) is 0 Å². The smallest absolute Gasteiger partial charge is 0.308 e. The first-order valence-electron chi connectivity index (χ1n) is 4.16. The number of hydrogen-bond acceptors (Lipinski definition) is 4. The quantitative estimate of drug-likeness (QED) is 0.575. The molecule has 0 radical (unpaired) electrons. The van der Waals surface area contributed by atoms with Gasteiger partial charge in [-0.3, -0.25) is 9.59 Å². The third-order valence-electron chi connectivity index (χ3n) is 1.43. The molecule has 0 bridgehead atoms. The molecule has 0 spiro atoms. The summed E-state index contributed by atoms with van der Waals surface area (Å²) in [4.78, 5) is 21.5. The van der Waals surface area contributed by atoms with Crippen LogP contribution in [-0.2, 0) is 9.59 Å². The fraction of sp³-hybridized carbons (Fsp3) is 0.200. The van der Waals surface area contributed by atoms with Gasteiger partial charge in [-0.05, 0) is 12.1 Å². The van der Waals surface area contributed by atoms with Gasteiger partial charge in [0.2, 0.25) is 0 Å². The van der Waals surface area contributed by atoms with E-state index in [4.69, 9.17) is 21.1 Å². The third kappa shape index (κ3) is 3.25. The van der Waals surface area contributed by atoms with Gasteiger partial charge in [0.05, 0.1) is 5.02 Å². The molecule has 0 aliphatic heterocycles. The largest absolute Gasteiger partial charge is 0.423 e. The number of benzene rings is 1. The lowest BCUT2D eigenvalue weighted by atomic mass is 10.3.